The van der Waals surface area contributed by atoms with Gasteiger partial charge in [-0.1, -0.05) is 54.6 Å². The van der Waals surface area contributed by atoms with Gasteiger partial charge in [0.1, 0.15) is 0 Å². The second-order valence-electron chi connectivity index (χ2n) is 8.00. The summed E-state index contributed by atoms with van der Waals surface area (Å²) in [6.07, 6.45) is 7.71. The molecule has 1 aliphatic carbocycles. The summed E-state index contributed by atoms with van der Waals surface area (Å²) in [5.41, 5.74) is 8.69. The van der Waals surface area contributed by atoms with Gasteiger partial charge in [0.25, 0.3) is 0 Å². The summed E-state index contributed by atoms with van der Waals surface area (Å²) in [5.74, 6) is 0. The van der Waals surface area contributed by atoms with Gasteiger partial charge < -0.3 is 5.32 Å². The minimum Gasteiger partial charge on any atom is -0.375 e. The Labute approximate surface area is 149 Å². The monoisotopic (exact) mass is 326 g/mol. The Bertz CT molecular complexity index is 977. The second kappa shape index (κ2) is 4.72. The van der Waals surface area contributed by atoms with Crippen LogP contribution in [0.25, 0.3) is 5.57 Å². The third-order valence-electron chi connectivity index (χ3n) is 5.89. The predicted molar refractivity (Wildman–Crippen MR) is 106 cm³/mol. The highest BCUT2D eigenvalue weighted by molar-refractivity contribution is 6.14. The van der Waals surface area contributed by atoms with Crippen molar-refractivity contribution in [1.82, 2.24) is 0 Å². The van der Waals surface area contributed by atoms with Crippen LogP contribution in [0.15, 0.2) is 65.7 Å². The number of rotatable bonds is 1. The van der Waals surface area contributed by atoms with Crippen LogP contribution in [0.4, 0.5) is 11.4 Å². The van der Waals surface area contributed by atoms with E-state index in [0.29, 0.717) is 0 Å². The molecule has 2 aromatic carbocycles. The topological polar surface area (TPSA) is 24.4 Å². The maximum absolute atomic E-state index is 5.03. The van der Waals surface area contributed by atoms with Crippen molar-refractivity contribution in [2.24, 2.45) is 4.99 Å². The van der Waals surface area contributed by atoms with Crippen LogP contribution in [0.2, 0.25) is 0 Å². The van der Waals surface area contributed by atoms with Gasteiger partial charge in [0.15, 0.2) is 0 Å². The zero-order valence-electron chi connectivity index (χ0n) is 14.9. The third kappa shape index (κ3) is 1.88. The van der Waals surface area contributed by atoms with E-state index in [1.165, 1.54) is 28.0 Å². The molecule has 0 spiro atoms. The number of nitrogens with zero attached hydrogens (tertiary/aromatic N) is 1. The first-order valence-electron chi connectivity index (χ1n) is 8.99. The first-order valence-corrected chi connectivity index (χ1v) is 8.99. The van der Waals surface area contributed by atoms with Crippen LogP contribution in [0.5, 0.6) is 0 Å². The Kier molecular flexibility index (Phi) is 2.78. The van der Waals surface area contributed by atoms with Crippen LogP contribution in [-0.4, -0.2) is 11.3 Å². The van der Waals surface area contributed by atoms with E-state index >= 15 is 0 Å². The zero-order chi connectivity index (χ0) is 17.2. The molecule has 124 valence electrons. The maximum atomic E-state index is 5.03. The summed E-state index contributed by atoms with van der Waals surface area (Å²) >= 11 is 0. The maximum Gasteiger partial charge on any atom is 0.0696 e. The number of fused-ring (bicyclic) bond motifs is 5. The molecular weight excluding hydrogens is 304 g/mol. The summed E-state index contributed by atoms with van der Waals surface area (Å²) in [6.45, 7) is 6.89. The van der Waals surface area contributed by atoms with Crippen molar-refractivity contribution >= 4 is 22.7 Å². The largest absolute Gasteiger partial charge is 0.375 e. The summed E-state index contributed by atoms with van der Waals surface area (Å²) in [5, 5.41) is 3.85. The van der Waals surface area contributed by atoms with Gasteiger partial charge in [0.05, 0.1) is 16.9 Å². The number of hydrogen-bond donors (Lipinski definition) is 1. The smallest absolute Gasteiger partial charge is 0.0696 e. The van der Waals surface area contributed by atoms with Crippen LogP contribution in [0.1, 0.15) is 43.9 Å². The molecule has 1 atom stereocenters. The van der Waals surface area contributed by atoms with E-state index in [-0.39, 0.29) is 11.0 Å². The lowest BCUT2D eigenvalue weighted by molar-refractivity contribution is 0.673. The molecule has 1 unspecified atom stereocenters. The average Bonchev–Trinajstić information content (AvgIpc) is 3.05. The summed E-state index contributed by atoms with van der Waals surface area (Å²) in [7, 11) is 0. The van der Waals surface area contributed by atoms with Crippen molar-refractivity contribution in [2.45, 2.75) is 38.1 Å². The molecule has 2 nitrogen and oxygen atoms in total. The number of hydrogen-bond acceptors (Lipinski definition) is 2. The number of anilines is 1. The van der Waals surface area contributed by atoms with Crippen molar-refractivity contribution in [2.75, 3.05) is 5.32 Å². The average molecular weight is 326 g/mol. The van der Waals surface area contributed by atoms with Crippen molar-refractivity contribution in [3.63, 3.8) is 0 Å². The van der Waals surface area contributed by atoms with E-state index in [4.69, 9.17) is 4.99 Å². The van der Waals surface area contributed by atoms with Gasteiger partial charge in [-0.05, 0) is 44.4 Å². The van der Waals surface area contributed by atoms with Gasteiger partial charge in [-0.15, -0.1) is 0 Å². The highest BCUT2D eigenvalue weighted by Crippen LogP contribution is 2.54. The van der Waals surface area contributed by atoms with Crippen molar-refractivity contribution in [1.29, 1.82) is 0 Å². The van der Waals surface area contributed by atoms with Gasteiger partial charge in [0.2, 0.25) is 0 Å². The van der Waals surface area contributed by atoms with Gasteiger partial charge in [0, 0.05) is 22.2 Å². The molecule has 0 fully saturated rings. The van der Waals surface area contributed by atoms with Crippen LogP contribution < -0.4 is 5.32 Å². The molecule has 2 aliphatic heterocycles. The van der Waals surface area contributed by atoms with E-state index < -0.39 is 0 Å². The number of allylic oxidation sites excluding steroid dienone is 2. The second-order valence-corrected chi connectivity index (χ2v) is 8.00. The number of aliphatic imine (C=N–C) groups is 1. The Hall–Kier alpha value is -2.61. The molecule has 0 radical (unpaired) electrons. The fraction of sp³-hybridized carbons (Fsp3) is 0.261. The lowest BCUT2D eigenvalue weighted by atomic mass is 9.77. The van der Waals surface area contributed by atoms with Crippen molar-refractivity contribution in [3.8, 4) is 0 Å². The molecule has 0 saturated heterocycles. The van der Waals surface area contributed by atoms with E-state index in [2.05, 4.69) is 86.8 Å². The molecule has 3 aliphatic rings. The molecular formula is C23H22N2. The van der Waals surface area contributed by atoms with E-state index in [0.717, 1.165) is 17.8 Å². The van der Waals surface area contributed by atoms with E-state index in [1.807, 2.05) is 0 Å². The van der Waals surface area contributed by atoms with E-state index in [1.54, 1.807) is 0 Å². The fourth-order valence-electron chi connectivity index (χ4n) is 4.61. The molecule has 2 heteroatoms. The van der Waals surface area contributed by atoms with Crippen LogP contribution >= 0.6 is 0 Å². The standard InChI is InChI=1S/C23H22N2/c1-22(2)19-18(24-21(22)15-9-5-4-6-10-15)13-12-16-17-11-7-8-14-23(17,3)25-20(16)19/h4-13,25H,14H2,1-3H3. The van der Waals surface area contributed by atoms with Gasteiger partial charge in [-0.3, -0.25) is 4.99 Å². The molecule has 25 heavy (non-hydrogen) atoms. The van der Waals surface area contributed by atoms with Gasteiger partial charge in [-0.2, -0.15) is 0 Å². The molecule has 2 heterocycles. The van der Waals surface area contributed by atoms with Crippen LogP contribution in [0, 0.1) is 0 Å². The van der Waals surface area contributed by atoms with Crippen LogP contribution in [0.3, 0.4) is 0 Å². The minimum atomic E-state index is -0.118. The van der Waals surface area contributed by atoms with Crippen molar-refractivity contribution in [3.05, 3.63) is 77.4 Å². The Balaban J connectivity index is 1.70. The molecule has 1 N–H and O–H groups in total. The Morgan fingerprint density at radius 2 is 1.80 bits per heavy atom. The molecule has 0 saturated carbocycles. The SMILES string of the molecule is CC12CC=CC=C1c1ccc3c(c1N2)C(C)(C)C(c1ccccc1)=N3. The van der Waals surface area contributed by atoms with Gasteiger partial charge >= 0.3 is 0 Å². The molecule has 0 aromatic heterocycles. The Morgan fingerprint density at radius 3 is 2.60 bits per heavy atom. The minimum absolute atomic E-state index is 0.00220. The lowest BCUT2D eigenvalue weighted by Crippen LogP contribution is -2.33. The summed E-state index contributed by atoms with van der Waals surface area (Å²) in [6, 6.07) is 15.0. The third-order valence-corrected chi connectivity index (χ3v) is 5.89. The zero-order valence-corrected chi connectivity index (χ0v) is 14.9. The number of benzene rings is 2. The summed E-state index contributed by atoms with van der Waals surface area (Å²) in [4.78, 5) is 5.03. The quantitative estimate of drug-likeness (QED) is 0.722. The first-order chi connectivity index (χ1) is 12.0. The molecule has 0 bridgehead atoms. The highest BCUT2D eigenvalue weighted by Gasteiger charge is 2.45. The molecule has 5 rings (SSSR count). The number of nitrogens with one attached hydrogen (secondary N) is 1. The molecule has 2 aromatic rings. The summed E-state index contributed by atoms with van der Waals surface area (Å²) < 4.78 is 0. The Morgan fingerprint density at radius 1 is 1.00 bits per heavy atom. The highest BCUT2D eigenvalue weighted by atomic mass is 15.0. The molecule has 0 amide bonds. The fourth-order valence-corrected chi connectivity index (χ4v) is 4.61. The van der Waals surface area contributed by atoms with Gasteiger partial charge in [-0.25, -0.2) is 0 Å². The lowest BCUT2D eigenvalue weighted by Gasteiger charge is -2.29. The first kappa shape index (κ1) is 14.7. The van der Waals surface area contributed by atoms with Crippen LogP contribution in [-0.2, 0) is 5.41 Å². The van der Waals surface area contributed by atoms with E-state index in [9.17, 15) is 0 Å². The normalized spacial score (nSPS) is 24.8. The van der Waals surface area contributed by atoms with Crippen molar-refractivity contribution < 1.29 is 0 Å². The predicted octanol–water partition coefficient (Wildman–Crippen LogP) is 5.63.